The van der Waals surface area contributed by atoms with Crippen LogP contribution in [0.3, 0.4) is 0 Å². The molecule has 1 amide bonds. The molecule has 3 aromatic carbocycles. The average molecular weight is 909 g/mol. The maximum Gasteiger partial charge on any atom is 0.418 e. The summed E-state index contributed by atoms with van der Waals surface area (Å²) in [6, 6.07) is 22.1. The van der Waals surface area contributed by atoms with Gasteiger partial charge < -0.3 is 24.9 Å². The molecule has 13 nitrogen and oxygen atoms in total. The van der Waals surface area contributed by atoms with Gasteiger partial charge in [0.05, 0.1) is 24.0 Å². The minimum atomic E-state index is -4.69. The van der Waals surface area contributed by atoms with Gasteiger partial charge in [-0.3, -0.25) is 24.3 Å². The van der Waals surface area contributed by atoms with Gasteiger partial charge in [-0.05, 0) is 83.0 Å². The van der Waals surface area contributed by atoms with E-state index in [2.05, 4.69) is 80.9 Å². The highest BCUT2D eigenvalue weighted by atomic mass is 19.4. The molecule has 0 radical (unpaired) electrons. The van der Waals surface area contributed by atoms with E-state index in [0.717, 1.165) is 85.2 Å². The number of nitrogens with one attached hydrogen (secondary N) is 1. The first-order valence-corrected chi connectivity index (χ1v) is 22.3. The number of carbonyl (C=O) groups excluding carboxylic acids is 2. The van der Waals surface area contributed by atoms with E-state index in [1.54, 1.807) is 24.5 Å². The van der Waals surface area contributed by atoms with Crippen LogP contribution in [0.1, 0.15) is 58.3 Å². The number of carbonyl (C=O) groups is 2. The van der Waals surface area contributed by atoms with Crippen molar-refractivity contribution in [1.29, 1.82) is 0 Å². The Balaban J connectivity index is 0.985. The van der Waals surface area contributed by atoms with E-state index >= 15 is 0 Å². The highest BCUT2D eigenvalue weighted by molar-refractivity contribution is 5.78. The number of likely N-dealkylation sites (tertiary alicyclic amines) is 1. The van der Waals surface area contributed by atoms with Crippen LogP contribution in [0.4, 0.5) is 24.5 Å². The van der Waals surface area contributed by atoms with Crippen LogP contribution in [0.5, 0.6) is 0 Å². The second-order valence-corrected chi connectivity index (χ2v) is 17.3. The van der Waals surface area contributed by atoms with Crippen LogP contribution in [0, 0.1) is 0 Å². The third-order valence-electron chi connectivity index (χ3n) is 12.2. The zero-order valence-corrected chi connectivity index (χ0v) is 38.5. The SMILES string of the molecule is C=CNN(C)Cc1cc(N2CCN(Cc3cccc(COC4CCN(CC5=CN(C=O)/C(=C\N(C)c6cccc([C@@H](C)CN(C)/C=N\N=C)c6)C(C(F)(F)F)=C5)CC4)c3)CC2)ccc1C=O. The van der Waals surface area contributed by atoms with Crippen molar-refractivity contribution in [3.05, 3.63) is 143 Å². The second-order valence-electron chi connectivity index (χ2n) is 17.3. The standard InChI is InChI=1S/C50H63F3N10O3/c1-7-56-59(6)32-44-27-46(15-14-43(44)34-64)62-22-20-61(21-23-62)29-39-10-8-11-40(24-39)35-66-47-16-18-60(19-17-47)30-41-25-48(50(51,52)53)49(63(31-41)37-65)33-58(5)45-13-9-12-42(26-45)38(2)28-57(4)36-55-54-3/h7-15,24-27,31,33-34,36-38,47,56H,1,3,16-23,28-30,32,35H2,2,4-6H3/b49-33-,55-36-/t38-/m0/s1. The number of benzene rings is 3. The van der Waals surface area contributed by atoms with Gasteiger partial charge in [0.1, 0.15) is 12.6 Å². The summed E-state index contributed by atoms with van der Waals surface area (Å²) in [5.74, 6) is 0.0830. The van der Waals surface area contributed by atoms with E-state index in [1.165, 1.54) is 18.0 Å². The van der Waals surface area contributed by atoms with Gasteiger partial charge in [0.15, 0.2) is 0 Å². The van der Waals surface area contributed by atoms with E-state index in [4.69, 9.17) is 4.74 Å². The first-order chi connectivity index (χ1) is 31.8. The third-order valence-corrected chi connectivity index (χ3v) is 12.2. The maximum absolute atomic E-state index is 14.7. The molecular weight excluding hydrogens is 846 g/mol. The predicted octanol–water partition coefficient (Wildman–Crippen LogP) is 7.38. The van der Waals surface area contributed by atoms with Crippen LogP contribution in [-0.4, -0.2) is 136 Å². The van der Waals surface area contributed by atoms with Crippen LogP contribution in [0.25, 0.3) is 0 Å². The fraction of sp³-hybridized carbons (Fsp3) is 0.400. The smallest absolute Gasteiger partial charge is 0.373 e. The molecular formula is C50H63F3N10O3. The number of likely N-dealkylation sites (N-methyl/N-ethyl adjacent to an activating group) is 1. The normalized spacial score (nSPS) is 17.7. The summed E-state index contributed by atoms with van der Waals surface area (Å²) in [7, 11) is 5.46. The summed E-state index contributed by atoms with van der Waals surface area (Å²) < 4.78 is 50.4. The molecule has 0 bridgehead atoms. The molecule has 0 spiro atoms. The quantitative estimate of drug-likeness (QED) is 0.0505. The first-order valence-electron chi connectivity index (χ1n) is 22.3. The topological polar surface area (TPSA) is 103 Å². The molecule has 0 aliphatic carbocycles. The molecule has 2 fully saturated rings. The first kappa shape index (κ1) is 49.4. The van der Waals surface area contributed by atoms with Gasteiger partial charge in [-0.15, -0.1) is 5.10 Å². The summed E-state index contributed by atoms with van der Waals surface area (Å²) in [5.41, 5.74) is 9.08. The molecule has 16 heteroatoms. The molecule has 2 saturated heterocycles. The Morgan fingerprint density at radius 3 is 2.35 bits per heavy atom. The number of ether oxygens (including phenoxy) is 1. The van der Waals surface area contributed by atoms with Crippen molar-refractivity contribution < 1.29 is 27.5 Å². The summed E-state index contributed by atoms with van der Waals surface area (Å²) in [4.78, 5) is 35.5. The molecule has 0 aromatic heterocycles. The molecule has 352 valence electrons. The Hall–Kier alpha value is -6.07. The summed E-state index contributed by atoms with van der Waals surface area (Å²) in [6.45, 7) is 16.8. The molecule has 3 aliphatic heterocycles. The number of rotatable bonds is 21. The molecule has 1 N–H and O–H groups in total. The fourth-order valence-corrected chi connectivity index (χ4v) is 8.68. The summed E-state index contributed by atoms with van der Waals surface area (Å²) in [6.07, 6.45) is 5.38. The number of allylic oxidation sites excluding steroid dienone is 1. The Bertz CT molecular complexity index is 2260. The molecule has 3 heterocycles. The number of alkyl halides is 3. The fourth-order valence-electron chi connectivity index (χ4n) is 8.68. The Labute approximate surface area is 387 Å². The van der Waals surface area contributed by atoms with Crippen LogP contribution < -0.4 is 15.2 Å². The van der Waals surface area contributed by atoms with E-state index < -0.39 is 11.7 Å². The monoisotopic (exact) mass is 909 g/mol. The number of hydrogen-bond acceptors (Lipinski definition) is 11. The Kier molecular flexibility index (Phi) is 17.5. The van der Waals surface area contributed by atoms with Crippen molar-refractivity contribution in [1.82, 2.24) is 30.0 Å². The van der Waals surface area contributed by atoms with E-state index in [1.807, 2.05) is 60.4 Å². The molecule has 0 unspecified atom stereocenters. The van der Waals surface area contributed by atoms with Crippen molar-refractivity contribution in [2.24, 2.45) is 10.2 Å². The van der Waals surface area contributed by atoms with Gasteiger partial charge in [-0.2, -0.15) is 18.3 Å². The number of aldehydes is 1. The predicted molar refractivity (Wildman–Crippen MR) is 257 cm³/mol. The lowest BCUT2D eigenvalue weighted by Gasteiger charge is -2.36. The number of amides is 1. The van der Waals surface area contributed by atoms with Crippen molar-refractivity contribution in [3.63, 3.8) is 0 Å². The highest BCUT2D eigenvalue weighted by Gasteiger charge is 2.40. The van der Waals surface area contributed by atoms with Crippen molar-refractivity contribution >= 4 is 37.1 Å². The molecule has 66 heavy (non-hydrogen) atoms. The number of piperidine rings is 1. The zero-order valence-electron chi connectivity index (χ0n) is 38.5. The lowest BCUT2D eigenvalue weighted by atomic mass is 10.00. The second kappa shape index (κ2) is 23.4. The molecule has 6 rings (SSSR count). The lowest BCUT2D eigenvalue weighted by molar-refractivity contribution is -0.115. The largest absolute Gasteiger partial charge is 0.418 e. The highest BCUT2D eigenvalue weighted by Crippen LogP contribution is 2.37. The van der Waals surface area contributed by atoms with Crippen LogP contribution in [-0.2, 0) is 29.2 Å². The van der Waals surface area contributed by atoms with Gasteiger partial charge >= 0.3 is 6.18 Å². The minimum Gasteiger partial charge on any atom is -0.373 e. The number of nitrogens with zero attached hydrogens (tertiary/aromatic N) is 9. The van der Waals surface area contributed by atoms with Crippen LogP contribution >= 0.6 is 0 Å². The van der Waals surface area contributed by atoms with Gasteiger partial charge in [-0.1, -0.05) is 49.9 Å². The van der Waals surface area contributed by atoms with Gasteiger partial charge in [0, 0.05) is 129 Å². The molecule has 0 saturated carbocycles. The Morgan fingerprint density at radius 1 is 0.924 bits per heavy atom. The molecule has 3 aromatic rings. The van der Waals surface area contributed by atoms with Crippen molar-refractivity contribution in [2.75, 3.05) is 83.3 Å². The number of hydrazine groups is 1. The van der Waals surface area contributed by atoms with Gasteiger partial charge in [-0.25, -0.2) is 5.01 Å². The van der Waals surface area contributed by atoms with Crippen LogP contribution in [0.15, 0.2) is 125 Å². The lowest BCUT2D eigenvalue weighted by Crippen LogP contribution is -2.46. The van der Waals surface area contributed by atoms with Crippen LogP contribution in [0.2, 0.25) is 0 Å². The van der Waals surface area contributed by atoms with Gasteiger partial charge in [0.25, 0.3) is 0 Å². The van der Waals surface area contributed by atoms with Gasteiger partial charge in [0.2, 0.25) is 6.41 Å². The van der Waals surface area contributed by atoms with E-state index in [9.17, 15) is 22.8 Å². The Morgan fingerprint density at radius 2 is 1.65 bits per heavy atom. The number of halogens is 3. The number of hydrogen-bond donors (Lipinski definition) is 1. The van der Waals surface area contributed by atoms with E-state index in [-0.39, 0.29) is 24.3 Å². The average Bonchev–Trinajstić information content (AvgIpc) is 3.31. The van der Waals surface area contributed by atoms with Crippen molar-refractivity contribution in [3.8, 4) is 0 Å². The van der Waals surface area contributed by atoms with Crippen molar-refractivity contribution in [2.45, 2.75) is 57.7 Å². The third kappa shape index (κ3) is 13.7. The summed E-state index contributed by atoms with van der Waals surface area (Å²) in [5, 5.41) is 9.19. The maximum atomic E-state index is 14.7. The number of piperazine rings is 1. The molecule has 3 aliphatic rings. The molecule has 1 atom stereocenters. The van der Waals surface area contributed by atoms with E-state index in [0.29, 0.717) is 56.0 Å². The minimum absolute atomic E-state index is 0.0294. The summed E-state index contributed by atoms with van der Waals surface area (Å²) >= 11 is 0. The number of anilines is 2. The zero-order chi connectivity index (χ0) is 47.2.